The van der Waals surface area contributed by atoms with E-state index < -0.39 is 11.9 Å². The van der Waals surface area contributed by atoms with Crippen molar-refractivity contribution >= 4 is 40.2 Å². The number of anilines is 1. The van der Waals surface area contributed by atoms with Crippen molar-refractivity contribution in [3.8, 4) is 0 Å². The minimum absolute atomic E-state index is 0.287. The van der Waals surface area contributed by atoms with E-state index in [1.165, 1.54) is 11.8 Å². The summed E-state index contributed by atoms with van der Waals surface area (Å²) in [6.45, 7) is 5.98. The molecular weight excluding hydrogens is 308 g/mol. The molecule has 0 aliphatic carbocycles. The number of primary amides is 1. The first kappa shape index (κ1) is 17.5. The van der Waals surface area contributed by atoms with Crippen molar-refractivity contribution in [2.45, 2.75) is 31.2 Å². The van der Waals surface area contributed by atoms with E-state index in [0.29, 0.717) is 16.6 Å². The van der Waals surface area contributed by atoms with Gasteiger partial charge >= 0.3 is 6.03 Å². The number of carbonyl (C=O) groups is 2. The molecule has 1 heterocycles. The molecule has 0 spiro atoms. The predicted molar refractivity (Wildman–Crippen MR) is 88.1 cm³/mol. The monoisotopic (exact) mass is 328 g/mol. The molecule has 0 unspecified atom stereocenters. The Morgan fingerprint density at radius 1 is 1.48 bits per heavy atom. The Morgan fingerprint density at radius 2 is 2.24 bits per heavy atom. The van der Waals surface area contributed by atoms with Crippen LogP contribution in [-0.2, 0) is 0 Å². The fraction of sp³-hybridized carbons (Fsp3) is 0.462. The third kappa shape index (κ3) is 5.76. The normalized spacial score (nSPS) is 10.1. The first-order chi connectivity index (χ1) is 10.1. The van der Waals surface area contributed by atoms with E-state index in [-0.39, 0.29) is 5.56 Å². The Bertz CT molecular complexity index is 502. The van der Waals surface area contributed by atoms with Gasteiger partial charge in [-0.05, 0) is 23.7 Å². The molecule has 0 saturated carbocycles. The standard InChI is InChI=1S/C13H20N4O2S2/c1-3-5-6-8-20-12-9(10(14)18)11(21-17-12)16-13(19)15-7-4-2/h4H,2-3,5-8H2,1H3,(H2,14,18)(H2,15,16,19). The van der Waals surface area contributed by atoms with Gasteiger partial charge in [0.15, 0.2) is 0 Å². The fourth-order valence-electron chi connectivity index (χ4n) is 1.51. The molecule has 0 bridgehead atoms. The molecule has 0 atom stereocenters. The van der Waals surface area contributed by atoms with Crippen molar-refractivity contribution < 1.29 is 9.59 Å². The van der Waals surface area contributed by atoms with Crippen LogP contribution in [0.3, 0.4) is 0 Å². The highest BCUT2D eigenvalue weighted by Gasteiger charge is 2.20. The summed E-state index contributed by atoms with van der Waals surface area (Å²) in [6, 6.07) is -0.413. The van der Waals surface area contributed by atoms with Gasteiger partial charge in [-0.1, -0.05) is 25.8 Å². The lowest BCUT2D eigenvalue weighted by molar-refractivity contribution is 0.0998. The molecule has 0 fully saturated rings. The zero-order valence-electron chi connectivity index (χ0n) is 12.0. The molecule has 8 heteroatoms. The first-order valence-corrected chi connectivity index (χ1v) is 8.44. The number of urea groups is 1. The smallest absolute Gasteiger partial charge is 0.320 e. The number of carbonyl (C=O) groups excluding carboxylic acids is 2. The highest BCUT2D eigenvalue weighted by Crippen LogP contribution is 2.32. The molecule has 3 amide bonds. The Hall–Kier alpha value is -1.54. The van der Waals surface area contributed by atoms with Crippen molar-refractivity contribution in [3.05, 3.63) is 18.2 Å². The molecule has 0 aromatic carbocycles. The van der Waals surface area contributed by atoms with Crippen molar-refractivity contribution in [2.24, 2.45) is 5.73 Å². The number of hydrogen-bond donors (Lipinski definition) is 3. The maximum Gasteiger partial charge on any atom is 0.320 e. The zero-order chi connectivity index (χ0) is 15.7. The maximum atomic E-state index is 11.6. The lowest BCUT2D eigenvalue weighted by atomic mass is 10.3. The molecule has 1 aromatic heterocycles. The second kappa shape index (κ2) is 9.41. The third-order valence-corrected chi connectivity index (χ3v) is 4.47. The Balaban J connectivity index is 2.71. The molecule has 1 aromatic rings. The zero-order valence-corrected chi connectivity index (χ0v) is 13.6. The molecule has 0 aliphatic heterocycles. The summed E-state index contributed by atoms with van der Waals surface area (Å²) in [5.74, 6) is 0.292. The Morgan fingerprint density at radius 3 is 2.86 bits per heavy atom. The van der Waals surface area contributed by atoms with E-state index in [4.69, 9.17) is 5.73 Å². The Labute approximate surface area is 132 Å². The summed E-state index contributed by atoms with van der Waals surface area (Å²) in [5.41, 5.74) is 5.68. The number of thioether (sulfide) groups is 1. The average molecular weight is 328 g/mol. The molecule has 0 aliphatic rings. The highest BCUT2D eigenvalue weighted by atomic mass is 32.2. The molecule has 0 saturated heterocycles. The number of nitrogens with two attached hydrogens (primary N) is 1. The average Bonchev–Trinajstić information content (AvgIpc) is 2.84. The van der Waals surface area contributed by atoms with Crippen LogP contribution in [-0.4, -0.2) is 28.6 Å². The molecule has 0 radical (unpaired) electrons. The van der Waals surface area contributed by atoms with E-state index in [0.717, 1.165) is 36.5 Å². The number of nitrogens with one attached hydrogen (secondary N) is 2. The largest absolute Gasteiger partial charge is 0.365 e. The van der Waals surface area contributed by atoms with Gasteiger partial charge in [-0.15, -0.1) is 18.3 Å². The second-order valence-electron chi connectivity index (χ2n) is 4.24. The minimum Gasteiger partial charge on any atom is -0.365 e. The number of aromatic nitrogens is 1. The van der Waals surface area contributed by atoms with Gasteiger partial charge in [-0.2, -0.15) is 4.37 Å². The van der Waals surface area contributed by atoms with Crippen molar-refractivity contribution in [3.63, 3.8) is 0 Å². The van der Waals surface area contributed by atoms with E-state index in [2.05, 4.69) is 28.5 Å². The van der Waals surface area contributed by atoms with Crippen LogP contribution in [0.15, 0.2) is 17.7 Å². The van der Waals surface area contributed by atoms with Gasteiger partial charge in [0.2, 0.25) is 0 Å². The predicted octanol–water partition coefficient (Wildman–Crippen LogP) is 2.83. The lowest BCUT2D eigenvalue weighted by Gasteiger charge is -2.05. The van der Waals surface area contributed by atoms with Gasteiger partial charge in [0.05, 0.1) is 0 Å². The first-order valence-electron chi connectivity index (χ1n) is 6.68. The van der Waals surface area contributed by atoms with Crippen molar-refractivity contribution in [2.75, 3.05) is 17.6 Å². The molecule has 21 heavy (non-hydrogen) atoms. The van der Waals surface area contributed by atoms with Crippen LogP contribution in [0, 0.1) is 0 Å². The van der Waals surface area contributed by atoms with Gasteiger partial charge in [0.1, 0.15) is 15.6 Å². The number of amides is 3. The second-order valence-corrected chi connectivity index (χ2v) is 6.09. The van der Waals surface area contributed by atoms with Gasteiger partial charge in [0.25, 0.3) is 5.91 Å². The van der Waals surface area contributed by atoms with Gasteiger partial charge < -0.3 is 11.1 Å². The summed E-state index contributed by atoms with van der Waals surface area (Å²) >= 11 is 2.55. The topological polar surface area (TPSA) is 97.1 Å². The van der Waals surface area contributed by atoms with Crippen molar-refractivity contribution in [1.82, 2.24) is 9.69 Å². The van der Waals surface area contributed by atoms with Gasteiger partial charge in [-0.25, -0.2) is 4.79 Å². The number of hydrogen-bond acceptors (Lipinski definition) is 5. The van der Waals surface area contributed by atoms with E-state index in [1.54, 1.807) is 6.08 Å². The number of nitrogens with zero attached hydrogens (tertiary/aromatic N) is 1. The molecule has 6 nitrogen and oxygen atoms in total. The molecule has 116 valence electrons. The van der Waals surface area contributed by atoms with Crippen LogP contribution in [0.4, 0.5) is 9.80 Å². The summed E-state index contributed by atoms with van der Waals surface area (Å²) in [6.07, 6.45) is 4.89. The van der Waals surface area contributed by atoms with Crippen molar-refractivity contribution in [1.29, 1.82) is 0 Å². The van der Waals surface area contributed by atoms with Crippen LogP contribution in [0.25, 0.3) is 0 Å². The van der Waals surface area contributed by atoms with E-state index >= 15 is 0 Å². The summed E-state index contributed by atoms with van der Waals surface area (Å²) < 4.78 is 4.21. The summed E-state index contributed by atoms with van der Waals surface area (Å²) in [5, 5.41) is 6.12. The molecular formula is C13H20N4O2S2. The van der Waals surface area contributed by atoms with Gasteiger partial charge in [0, 0.05) is 6.54 Å². The Kier molecular flexibility index (Phi) is 7.84. The molecule has 4 N–H and O–H groups in total. The lowest BCUT2D eigenvalue weighted by Crippen LogP contribution is -2.29. The third-order valence-electron chi connectivity index (χ3n) is 2.53. The summed E-state index contributed by atoms with van der Waals surface area (Å²) in [4.78, 5) is 23.2. The number of unbranched alkanes of at least 4 members (excludes halogenated alkanes) is 2. The van der Waals surface area contributed by atoms with Crippen LogP contribution in [0.1, 0.15) is 36.5 Å². The fourth-order valence-corrected chi connectivity index (χ4v) is 3.48. The van der Waals surface area contributed by atoms with E-state index in [1.807, 2.05) is 0 Å². The number of rotatable bonds is 9. The molecule has 1 rings (SSSR count). The SMILES string of the molecule is C=CCNC(=O)Nc1snc(SCCCCC)c1C(N)=O. The minimum atomic E-state index is -0.583. The maximum absolute atomic E-state index is 11.6. The quantitative estimate of drug-likeness (QED) is 0.369. The van der Waals surface area contributed by atoms with Crippen LogP contribution in [0.5, 0.6) is 0 Å². The van der Waals surface area contributed by atoms with E-state index in [9.17, 15) is 9.59 Å². The highest BCUT2D eigenvalue weighted by molar-refractivity contribution is 7.99. The van der Waals surface area contributed by atoms with Crippen LogP contribution < -0.4 is 16.4 Å². The van der Waals surface area contributed by atoms with Gasteiger partial charge in [-0.3, -0.25) is 10.1 Å². The van der Waals surface area contributed by atoms with Crippen LogP contribution >= 0.6 is 23.3 Å². The van der Waals surface area contributed by atoms with Crippen LogP contribution in [0.2, 0.25) is 0 Å². The summed E-state index contributed by atoms with van der Waals surface area (Å²) in [7, 11) is 0.